The third-order valence-electron chi connectivity index (χ3n) is 1.65. The fourth-order valence-electron chi connectivity index (χ4n) is 0.591. The third kappa shape index (κ3) is 7.87. The average molecular weight is 214 g/mol. The van der Waals surface area contributed by atoms with E-state index in [4.69, 9.17) is 0 Å². The van der Waals surface area contributed by atoms with Crippen molar-refractivity contribution in [3.05, 3.63) is 6.42 Å². The maximum absolute atomic E-state index is 2.35. The van der Waals surface area contributed by atoms with Gasteiger partial charge in [-0.1, -0.05) is 0 Å². The molecule has 0 aliphatic carbocycles. The topological polar surface area (TPSA) is 3.24 Å². The molecular weight excluding hydrogens is 196 g/mol. The monoisotopic (exact) mass is 213 g/mol. The van der Waals surface area contributed by atoms with Crippen molar-refractivity contribution < 1.29 is 58.2 Å². The van der Waals surface area contributed by atoms with Gasteiger partial charge in [0.1, 0.15) is 0 Å². The molecule has 0 N–H and O–H groups in total. The minimum Gasteiger partial charge on any atom is -0.330 e. The van der Waals surface area contributed by atoms with Gasteiger partial charge in [-0.25, -0.2) is 0 Å². The van der Waals surface area contributed by atoms with Crippen LogP contribution in [0.1, 0.15) is 27.2 Å². The summed E-state index contributed by atoms with van der Waals surface area (Å²) in [5.74, 6) is 0. The normalized spacial score (nSPS) is 10.2. The molecule has 0 fully saturated rings. The second-order valence-corrected chi connectivity index (χ2v) is 2.77. The third-order valence-corrected chi connectivity index (χ3v) is 1.65. The summed E-state index contributed by atoms with van der Waals surface area (Å²) in [4.78, 5) is 2.35. The molecule has 0 bridgehead atoms. The molecule has 0 spiro atoms. The molecule has 0 heterocycles. The standard InChI is InChI=1S/C8H18N.Rb/c1-5-6-7-9(4)8(2)3;/h5,8H,6-7H2,1-4H3;/q-1;+1. The van der Waals surface area contributed by atoms with Crippen LogP contribution in [0.3, 0.4) is 0 Å². The Morgan fingerprint density at radius 2 is 1.90 bits per heavy atom. The van der Waals surface area contributed by atoms with Crippen LogP contribution < -0.4 is 58.2 Å². The molecule has 0 radical (unpaired) electrons. The van der Waals surface area contributed by atoms with Crippen molar-refractivity contribution in [2.45, 2.75) is 33.2 Å². The van der Waals surface area contributed by atoms with Crippen molar-refractivity contribution in [1.29, 1.82) is 0 Å². The van der Waals surface area contributed by atoms with Gasteiger partial charge in [0.25, 0.3) is 0 Å². The summed E-state index contributed by atoms with van der Waals surface area (Å²) in [6.07, 6.45) is 3.41. The van der Waals surface area contributed by atoms with Crippen molar-refractivity contribution in [1.82, 2.24) is 4.90 Å². The van der Waals surface area contributed by atoms with Crippen LogP contribution in [0.4, 0.5) is 0 Å². The van der Waals surface area contributed by atoms with Crippen molar-refractivity contribution in [3.8, 4) is 0 Å². The smallest absolute Gasteiger partial charge is 0.330 e. The van der Waals surface area contributed by atoms with E-state index in [1.165, 1.54) is 13.0 Å². The van der Waals surface area contributed by atoms with E-state index in [1.807, 2.05) is 0 Å². The summed E-state index contributed by atoms with van der Waals surface area (Å²) in [5.41, 5.74) is 0. The first-order chi connectivity index (χ1) is 4.18. The van der Waals surface area contributed by atoms with Crippen LogP contribution >= 0.6 is 0 Å². The van der Waals surface area contributed by atoms with Gasteiger partial charge in [0, 0.05) is 6.04 Å². The van der Waals surface area contributed by atoms with Crippen LogP contribution in [0, 0.1) is 6.42 Å². The van der Waals surface area contributed by atoms with Crippen LogP contribution in [-0.4, -0.2) is 24.5 Å². The van der Waals surface area contributed by atoms with E-state index in [1.54, 1.807) is 0 Å². The fraction of sp³-hybridized carbons (Fsp3) is 0.875. The Hall–Kier alpha value is 1.77. The minimum atomic E-state index is 0. The SMILES string of the molecule is C[CH-]CCN(C)C(C)C.[Rb+]. The molecule has 0 aliphatic rings. The van der Waals surface area contributed by atoms with Crippen molar-refractivity contribution in [2.75, 3.05) is 13.6 Å². The van der Waals surface area contributed by atoms with Gasteiger partial charge < -0.3 is 11.3 Å². The van der Waals surface area contributed by atoms with Crippen LogP contribution in [0.5, 0.6) is 0 Å². The molecule has 0 rings (SSSR count). The first-order valence-electron chi connectivity index (χ1n) is 3.66. The second kappa shape index (κ2) is 8.86. The summed E-state index contributed by atoms with van der Waals surface area (Å²) >= 11 is 0. The number of hydrogen-bond acceptors (Lipinski definition) is 1. The Labute approximate surface area is 114 Å². The number of nitrogens with zero attached hydrogens (tertiary/aromatic N) is 1. The van der Waals surface area contributed by atoms with E-state index in [0.717, 1.165) is 0 Å². The van der Waals surface area contributed by atoms with Gasteiger partial charge in [-0.3, -0.25) is 0 Å². The largest absolute Gasteiger partial charge is 1.00 e. The Balaban J connectivity index is 0. The molecule has 0 amide bonds. The molecular formula is C8H18NRb. The van der Waals surface area contributed by atoms with E-state index < -0.39 is 0 Å². The Morgan fingerprint density at radius 1 is 1.40 bits per heavy atom. The first-order valence-corrected chi connectivity index (χ1v) is 3.66. The van der Waals surface area contributed by atoms with Gasteiger partial charge in [0.15, 0.2) is 0 Å². The minimum absolute atomic E-state index is 0. The van der Waals surface area contributed by atoms with Gasteiger partial charge in [-0.2, -0.15) is 13.3 Å². The zero-order valence-corrected chi connectivity index (χ0v) is 12.9. The van der Waals surface area contributed by atoms with Gasteiger partial charge in [-0.15, -0.1) is 0 Å². The Bertz CT molecular complexity index is 64.3. The molecule has 0 aromatic heterocycles. The first kappa shape index (κ1) is 14.3. The van der Waals surface area contributed by atoms with E-state index >= 15 is 0 Å². The van der Waals surface area contributed by atoms with E-state index in [0.29, 0.717) is 6.04 Å². The molecule has 10 heavy (non-hydrogen) atoms. The van der Waals surface area contributed by atoms with Gasteiger partial charge in [0.2, 0.25) is 0 Å². The quantitative estimate of drug-likeness (QED) is 0.539. The summed E-state index contributed by atoms with van der Waals surface area (Å²) in [6, 6.07) is 0.685. The molecule has 0 aliphatic heterocycles. The predicted octanol–water partition coefficient (Wildman–Crippen LogP) is -1.06. The molecule has 0 aromatic rings. The predicted molar refractivity (Wildman–Crippen MR) is 42.4 cm³/mol. The van der Waals surface area contributed by atoms with Crippen molar-refractivity contribution >= 4 is 0 Å². The average Bonchev–Trinajstić information content (AvgIpc) is 1.82. The van der Waals surface area contributed by atoms with E-state index in [9.17, 15) is 0 Å². The summed E-state index contributed by atoms with van der Waals surface area (Å²) in [5, 5.41) is 0. The molecule has 2 heteroatoms. The van der Waals surface area contributed by atoms with E-state index in [2.05, 4.69) is 39.1 Å². The molecule has 56 valence electrons. The zero-order valence-electron chi connectivity index (χ0n) is 8.02. The maximum atomic E-state index is 2.35. The maximum Gasteiger partial charge on any atom is 1.00 e. The van der Waals surface area contributed by atoms with Gasteiger partial charge in [0.05, 0.1) is 0 Å². The number of rotatable bonds is 4. The van der Waals surface area contributed by atoms with Crippen LogP contribution in [0.25, 0.3) is 0 Å². The summed E-state index contributed by atoms with van der Waals surface area (Å²) < 4.78 is 0. The summed E-state index contributed by atoms with van der Waals surface area (Å²) in [6.45, 7) is 7.73. The van der Waals surface area contributed by atoms with Gasteiger partial charge in [-0.05, 0) is 27.4 Å². The second-order valence-electron chi connectivity index (χ2n) is 2.77. The number of hydrogen-bond donors (Lipinski definition) is 0. The number of unbranched alkanes of at least 4 members (excludes halogenated alkanes) is 1. The van der Waals surface area contributed by atoms with Crippen molar-refractivity contribution in [3.63, 3.8) is 0 Å². The summed E-state index contributed by atoms with van der Waals surface area (Å²) in [7, 11) is 2.16. The van der Waals surface area contributed by atoms with Crippen LogP contribution in [-0.2, 0) is 0 Å². The van der Waals surface area contributed by atoms with Crippen molar-refractivity contribution in [2.24, 2.45) is 0 Å². The Kier molecular flexibility index (Phi) is 12.7. The fourth-order valence-corrected chi connectivity index (χ4v) is 0.591. The zero-order chi connectivity index (χ0) is 7.28. The van der Waals surface area contributed by atoms with Gasteiger partial charge >= 0.3 is 58.2 Å². The molecule has 0 saturated carbocycles. The van der Waals surface area contributed by atoms with E-state index in [-0.39, 0.29) is 58.2 Å². The molecule has 0 aromatic carbocycles. The molecule has 0 unspecified atom stereocenters. The van der Waals surface area contributed by atoms with Crippen LogP contribution in [0.15, 0.2) is 0 Å². The molecule has 0 atom stereocenters. The molecule has 0 saturated heterocycles. The Morgan fingerprint density at radius 3 is 2.20 bits per heavy atom. The van der Waals surface area contributed by atoms with Crippen LogP contribution in [0.2, 0.25) is 0 Å². The molecule has 1 nitrogen and oxygen atoms in total.